The molecule has 0 fully saturated rings. The molecule has 26 heavy (non-hydrogen) atoms. The normalized spacial score (nSPS) is 10.9. The van der Waals surface area contributed by atoms with Gasteiger partial charge in [-0.15, -0.1) is 0 Å². The van der Waals surface area contributed by atoms with Crippen molar-refractivity contribution in [3.05, 3.63) is 88.5 Å². The van der Waals surface area contributed by atoms with Gasteiger partial charge in [-0.05, 0) is 63.5 Å². The molecule has 134 valence electrons. The second kappa shape index (κ2) is 8.95. The highest BCUT2D eigenvalue weighted by Crippen LogP contribution is 2.22. The van der Waals surface area contributed by atoms with Gasteiger partial charge in [-0.1, -0.05) is 64.8 Å². The average Bonchev–Trinajstić information content (AvgIpc) is 2.64. The van der Waals surface area contributed by atoms with E-state index in [4.69, 9.17) is 4.84 Å². The standard InChI is InChI=1S/C23H25NO2/c1-16(2)15-22(17(3)4)20-11-13-21(14-12-20)23(25)26-24-18(5)19-9-7-6-8-10-19/h6-15H,1-5H3/b24-18-. The van der Waals surface area contributed by atoms with Crippen molar-refractivity contribution in [2.24, 2.45) is 5.16 Å². The quantitative estimate of drug-likeness (QED) is 0.287. The Labute approximate surface area is 155 Å². The molecule has 0 aliphatic rings. The molecule has 0 radical (unpaired) electrons. The Bertz CT molecular complexity index is 849. The molecule has 0 aliphatic carbocycles. The molecule has 3 nitrogen and oxygen atoms in total. The predicted octanol–water partition coefficient (Wildman–Crippen LogP) is 6.03. The maximum absolute atomic E-state index is 12.2. The third kappa shape index (κ3) is 5.28. The van der Waals surface area contributed by atoms with Gasteiger partial charge in [0.25, 0.3) is 0 Å². The first kappa shape index (κ1) is 19.4. The Morgan fingerprint density at radius 1 is 0.808 bits per heavy atom. The van der Waals surface area contributed by atoms with E-state index < -0.39 is 5.97 Å². The summed E-state index contributed by atoms with van der Waals surface area (Å²) in [6, 6.07) is 17.0. The highest BCUT2D eigenvalue weighted by Gasteiger charge is 2.09. The molecular weight excluding hydrogens is 322 g/mol. The zero-order valence-electron chi connectivity index (χ0n) is 16.0. The van der Waals surface area contributed by atoms with Gasteiger partial charge in [-0.2, -0.15) is 0 Å². The van der Waals surface area contributed by atoms with E-state index in [1.807, 2.05) is 49.4 Å². The van der Waals surface area contributed by atoms with E-state index in [0.717, 1.165) is 11.1 Å². The number of nitrogens with zero attached hydrogens (tertiary/aromatic N) is 1. The van der Waals surface area contributed by atoms with Crippen molar-refractivity contribution in [3.63, 3.8) is 0 Å². The average molecular weight is 347 g/mol. The second-order valence-electron chi connectivity index (χ2n) is 6.63. The highest BCUT2D eigenvalue weighted by atomic mass is 16.7. The molecular formula is C23H25NO2. The van der Waals surface area contributed by atoms with Crippen molar-refractivity contribution in [3.8, 4) is 0 Å². The van der Waals surface area contributed by atoms with Crippen LogP contribution < -0.4 is 0 Å². The van der Waals surface area contributed by atoms with Gasteiger partial charge in [0, 0.05) is 0 Å². The zero-order valence-corrected chi connectivity index (χ0v) is 16.0. The molecule has 0 aromatic heterocycles. The van der Waals surface area contributed by atoms with Crippen molar-refractivity contribution in [2.75, 3.05) is 0 Å². The maximum Gasteiger partial charge on any atom is 0.365 e. The van der Waals surface area contributed by atoms with Crippen LogP contribution in [0.2, 0.25) is 0 Å². The lowest BCUT2D eigenvalue weighted by Crippen LogP contribution is -2.04. The summed E-state index contributed by atoms with van der Waals surface area (Å²) in [4.78, 5) is 17.3. The van der Waals surface area contributed by atoms with Gasteiger partial charge in [0.15, 0.2) is 0 Å². The first-order valence-corrected chi connectivity index (χ1v) is 8.62. The summed E-state index contributed by atoms with van der Waals surface area (Å²) in [7, 11) is 0. The SMILES string of the molecule is CC(C)=CC(=C(C)C)c1ccc(C(=O)O/N=C(/C)c2ccccc2)cc1. The minimum Gasteiger partial charge on any atom is -0.313 e. The van der Waals surface area contributed by atoms with Gasteiger partial charge < -0.3 is 4.84 Å². The lowest BCUT2D eigenvalue weighted by Gasteiger charge is -2.08. The van der Waals surface area contributed by atoms with Crippen LogP contribution in [0.3, 0.4) is 0 Å². The Balaban J connectivity index is 2.14. The number of allylic oxidation sites excluding steroid dienone is 4. The number of hydrogen-bond donors (Lipinski definition) is 0. The third-order valence-corrected chi connectivity index (χ3v) is 3.86. The summed E-state index contributed by atoms with van der Waals surface area (Å²) >= 11 is 0. The van der Waals surface area contributed by atoms with Crippen LogP contribution in [0.25, 0.3) is 5.57 Å². The molecule has 0 saturated heterocycles. The van der Waals surface area contributed by atoms with Crippen molar-refractivity contribution < 1.29 is 9.63 Å². The van der Waals surface area contributed by atoms with Gasteiger partial charge in [0.05, 0.1) is 11.3 Å². The Kier molecular flexibility index (Phi) is 6.67. The molecule has 2 aromatic rings. The molecule has 0 bridgehead atoms. The molecule has 0 saturated carbocycles. The van der Waals surface area contributed by atoms with E-state index in [-0.39, 0.29) is 0 Å². The lowest BCUT2D eigenvalue weighted by atomic mass is 9.98. The maximum atomic E-state index is 12.2. The lowest BCUT2D eigenvalue weighted by molar-refractivity contribution is 0.0516. The second-order valence-corrected chi connectivity index (χ2v) is 6.63. The summed E-state index contributed by atoms with van der Waals surface area (Å²) in [6.07, 6.45) is 2.15. The fraction of sp³-hybridized carbons (Fsp3) is 0.217. The molecule has 0 spiro atoms. The fourth-order valence-corrected chi connectivity index (χ4v) is 2.49. The number of rotatable bonds is 5. The highest BCUT2D eigenvalue weighted by molar-refractivity contribution is 5.99. The van der Waals surface area contributed by atoms with E-state index in [9.17, 15) is 4.79 Å². The number of benzene rings is 2. The number of oxime groups is 1. The van der Waals surface area contributed by atoms with Crippen LogP contribution in [0.15, 0.2) is 77.0 Å². The van der Waals surface area contributed by atoms with Gasteiger partial charge in [0.1, 0.15) is 0 Å². The molecule has 0 aliphatic heterocycles. The molecule has 0 unspecified atom stereocenters. The summed E-state index contributed by atoms with van der Waals surface area (Å²) in [5, 5.41) is 3.94. The monoisotopic (exact) mass is 347 g/mol. The summed E-state index contributed by atoms with van der Waals surface area (Å²) in [6.45, 7) is 10.1. The minimum atomic E-state index is -0.465. The smallest absolute Gasteiger partial charge is 0.313 e. The molecule has 0 atom stereocenters. The molecule has 2 rings (SSSR count). The van der Waals surface area contributed by atoms with Crippen LogP contribution in [0.4, 0.5) is 0 Å². The summed E-state index contributed by atoms with van der Waals surface area (Å²) in [5.74, 6) is -0.465. The number of carbonyl (C=O) groups is 1. The van der Waals surface area contributed by atoms with Crippen molar-refractivity contribution in [2.45, 2.75) is 34.6 Å². The molecule has 0 amide bonds. The molecule has 2 aromatic carbocycles. The van der Waals surface area contributed by atoms with Crippen LogP contribution in [0, 0.1) is 0 Å². The predicted molar refractivity (Wildman–Crippen MR) is 108 cm³/mol. The van der Waals surface area contributed by atoms with E-state index in [1.54, 1.807) is 12.1 Å². The molecule has 3 heteroatoms. The first-order chi connectivity index (χ1) is 12.4. The van der Waals surface area contributed by atoms with Crippen molar-refractivity contribution >= 4 is 17.3 Å². The van der Waals surface area contributed by atoms with Gasteiger partial charge in [-0.3, -0.25) is 0 Å². The van der Waals surface area contributed by atoms with Crippen LogP contribution in [-0.4, -0.2) is 11.7 Å². The third-order valence-electron chi connectivity index (χ3n) is 3.86. The fourth-order valence-electron chi connectivity index (χ4n) is 2.49. The van der Waals surface area contributed by atoms with Gasteiger partial charge in [-0.25, -0.2) is 4.79 Å². The van der Waals surface area contributed by atoms with Crippen LogP contribution in [0.1, 0.15) is 56.1 Å². The molecule has 0 heterocycles. The van der Waals surface area contributed by atoms with E-state index in [1.165, 1.54) is 16.7 Å². The van der Waals surface area contributed by atoms with E-state index in [2.05, 4.69) is 38.9 Å². The van der Waals surface area contributed by atoms with E-state index >= 15 is 0 Å². The number of hydrogen-bond acceptors (Lipinski definition) is 3. The van der Waals surface area contributed by atoms with Crippen LogP contribution >= 0.6 is 0 Å². The zero-order chi connectivity index (χ0) is 19.1. The molecule has 0 N–H and O–H groups in total. The largest absolute Gasteiger partial charge is 0.365 e. The Morgan fingerprint density at radius 3 is 1.92 bits per heavy atom. The van der Waals surface area contributed by atoms with Gasteiger partial charge in [0.2, 0.25) is 0 Å². The topological polar surface area (TPSA) is 38.7 Å². The van der Waals surface area contributed by atoms with Gasteiger partial charge >= 0.3 is 5.97 Å². The van der Waals surface area contributed by atoms with Crippen LogP contribution in [-0.2, 0) is 4.84 Å². The minimum absolute atomic E-state index is 0.465. The van der Waals surface area contributed by atoms with Crippen molar-refractivity contribution in [1.82, 2.24) is 0 Å². The summed E-state index contributed by atoms with van der Waals surface area (Å²) < 4.78 is 0. The Hall–Kier alpha value is -2.94. The van der Waals surface area contributed by atoms with E-state index in [0.29, 0.717) is 11.3 Å². The van der Waals surface area contributed by atoms with Crippen molar-refractivity contribution in [1.29, 1.82) is 0 Å². The number of carbonyl (C=O) groups excluding carboxylic acids is 1. The van der Waals surface area contributed by atoms with Crippen LogP contribution in [0.5, 0.6) is 0 Å². The Morgan fingerprint density at radius 2 is 1.38 bits per heavy atom. The summed E-state index contributed by atoms with van der Waals surface area (Å²) in [5.41, 5.74) is 6.76. The first-order valence-electron chi connectivity index (χ1n) is 8.62.